The van der Waals surface area contributed by atoms with Crippen molar-refractivity contribution in [2.45, 2.75) is 44.6 Å². The van der Waals surface area contributed by atoms with Crippen LogP contribution in [0.15, 0.2) is 28.7 Å². The van der Waals surface area contributed by atoms with Crippen LogP contribution in [0, 0.1) is 6.92 Å². The largest absolute Gasteiger partial charge is 0.385 e. The van der Waals surface area contributed by atoms with E-state index < -0.39 is 5.60 Å². The molecule has 1 aliphatic carbocycles. The monoisotopic (exact) mass is 348 g/mol. The lowest BCUT2D eigenvalue weighted by molar-refractivity contribution is 0.0252. The zero-order chi connectivity index (χ0) is 15.0. The molecule has 1 heterocycles. The van der Waals surface area contributed by atoms with Crippen LogP contribution in [0.4, 0.5) is 0 Å². The van der Waals surface area contributed by atoms with Gasteiger partial charge in [0.1, 0.15) is 0 Å². The van der Waals surface area contributed by atoms with E-state index in [0.29, 0.717) is 6.42 Å². The van der Waals surface area contributed by atoms with Gasteiger partial charge in [-0.15, -0.1) is 0 Å². The van der Waals surface area contributed by atoms with Crippen LogP contribution >= 0.6 is 15.9 Å². The zero-order valence-corrected chi connectivity index (χ0v) is 14.2. The first-order chi connectivity index (χ1) is 10.0. The van der Waals surface area contributed by atoms with Gasteiger partial charge in [-0.3, -0.25) is 4.68 Å². The van der Waals surface area contributed by atoms with Gasteiger partial charge in [0, 0.05) is 13.5 Å². The number of hydrogen-bond donors (Lipinski definition) is 1. The second kappa shape index (κ2) is 5.58. The van der Waals surface area contributed by atoms with Gasteiger partial charge in [-0.25, -0.2) is 0 Å². The molecule has 1 aliphatic rings. The van der Waals surface area contributed by atoms with Gasteiger partial charge >= 0.3 is 0 Å². The highest BCUT2D eigenvalue weighted by Gasteiger charge is 2.34. The number of benzene rings is 1. The first kappa shape index (κ1) is 14.8. The summed E-state index contributed by atoms with van der Waals surface area (Å²) in [6.45, 7) is 1.98. The Balaban J connectivity index is 2.04. The second-order valence-corrected chi connectivity index (χ2v) is 6.84. The van der Waals surface area contributed by atoms with Gasteiger partial charge in [0.25, 0.3) is 0 Å². The molecular formula is C17H21BrN2O. The van der Waals surface area contributed by atoms with Crippen molar-refractivity contribution in [2.24, 2.45) is 7.05 Å². The van der Waals surface area contributed by atoms with Crippen molar-refractivity contribution >= 4 is 15.9 Å². The third kappa shape index (κ3) is 2.67. The predicted octanol–water partition coefficient (Wildman–Crippen LogP) is 3.65. The summed E-state index contributed by atoms with van der Waals surface area (Å²) in [6.07, 6.45) is 4.66. The predicted molar refractivity (Wildman–Crippen MR) is 87.2 cm³/mol. The Kier molecular flexibility index (Phi) is 3.93. The Morgan fingerprint density at radius 2 is 2.10 bits per heavy atom. The van der Waals surface area contributed by atoms with E-state index in [-0.39, 0.29) is 0 Å². The van der Waals surface area contributed by atoms with Gasteiger partial charge in [0.05, 0.1) is 21.5 Å². The Labute approximate surface area is 134 Å². The van der Waals surface area contributed by atoms with Gasteiger partial charge in [0.2, 0.25) is 0 Å². The maximum absolute atomic E-state index is 11.4. The molecule has 0 radical (unpaired) electrons. The van der Waals surface area contributed by atoms with Crippen LogP contribution in [-0.4, -0.2) is 14.9 Å². The summed E-state index contributed by atoms with van der Waals surface area (Å²) in [5.41, 5.74) is 3.61. The highest BCUT2D eigenvalue weighted by molar-refractivity contribution is 9.10. The highest BCUT2D eigenvalue weighted by atomic mass is 79.9. The number of aliphatic hydroxyl groups is 1. The lowest BCUT2D eigenvalue weighted by Crippen LogP contribution is -2.30. The van der Waals surface area contributed by atoms with Crippen molar-refractivity contribution in [1.29, 1.82) is 0 Å². The van der Waals surface area contributed by atoms with E-state index in [4.69, 9.17) is 0 Å². The normalized spacial score (nSPS) is 21.9. The summed E-state index contributed by atoms with van der Waals surface area (Å²) in [4.78, 5) is 0. The first-order valence-electron chi connectivity index (χ1n) is 7.50. The molecule has 0 aliphatic heterocycles. The summed E-state index contributed by atoms with van der Waals surface area (Å²) in [5, 5.41) is 15.8. The third-order valence-corrected chi connectivity index (χ3v) is 5.56. The van der Waals surface area contributed by atoms with Gasteiger partial charge in [0.15, 0.2) is 0 Å². The van der Waals surface area contributed by atoms with E-state index >= 15 is 0 Å². The molecule has 1 aromatic carbocycles. The van der Waals surface area contributed by atoms with Gasteiger partial charge in [-0.2, -0.15) is 5.10 Å². The van der Waals surface area contributed by atoms with Gasteiger partial charge in [-0.05, 0) is 59.7 Å². The molecule has 0 fully saturated rings. The van der Waals surface area contributed by atoms with Crippen LogP contribution in [0.25, 0.3) is 0 Å². The smallest absolute Gasteiger partial charge is 0.0954 e. The van der Waals surface area contributed by atoms with E-state index in [1.807, 2.05) is 24.7 Å². The molecule has 1 N–H and O–H groups in total. The molecule has 4 heteroatoms. The molecule has 3 rings (SSSR count). The Bertz CT molecular complexity index is 665. The molecule has 1 atom stereocenters. The average molecular weight is 349 g/mol. The fourth-order valence-electron chi connectivity index (χ4n) is 3.39. The Morgan fingerprint density at radius 3 is 2.81 bits per heavy atom. The van der Waals surface area contributed by atoms with Gasteiger partial charge in [-0.1, -0.05) is 24.3 Å². The van der Waals surface area contributed by atoms with Crippen LogP contribution < -0.4 is 0 Å². The third-order valence-electron chi connectivity index (χ3n) is 4.53. The minimum absolute atomic E-state index is 0.599. The minimum Gasteiger partial charge on any atom is -0.385 e. The zero-order valence-electron chi connectivity index (χ0n) is 12.6. The molecule has 0 saturated heterocycles. The SMILES string of the molecule is Cc1nn(C)c(CC2(O)CCCCc3ccccc32)c1Br. The van der Waals surface area contributed by atoms with E-state index in [1.54, 1.807) is 0 Å². The number of halogens is 1. The first-order valence-corrected chi connectivity index (χ1v) is 8.29. The number of aromatic nitrogens is 2. The molecule has 1 aromatic heterocycles. The second-order valence-electron chi connectivity index (χ2n) is 6.04. The minimum atomic E-state index is -0.796. The molecule has 1 unspecified atom stereocenters. The number of fused-ring (bicyclic) bond motifs is 1. The summed E-state index contributed by atoms with van der Waals surface area (Å²) < 4.78 is 2.89. The van der Waals surface area contributed by atoms with Gasteiger partial charge < -0.3 is 5.11 Å². The van der Waals surface area contributed by atoms with Crippen molar-refractivity contribution in [1.82, 2.24) is 9.78 Å². The van der Waals surface area contributed by atoms with E-state index in [0.717, 1.165) is 47.1 Å². The fraction of sp³-hybridized carbons (Fsp3) is 0.471. The summed E-state index contributed by atoms with van der Waals surface area (Å²) >= 11 is 3.62. The molecule has 112 valence electrons. The van der Waals surface area contributed by atoms with Crippen molar-refractivity contribution in [3.05, 3.63) is 51.3 Å². The highest BCUT2D eigenvalue weighted by Crippen LogP contribution is 2.38. The van der Waals surface area contributed by atoms with Crippen molar-refractivity contribution in [3.63, 3.8) is 0 Å². The topological polar surface area (TPSA) is 38.0 Å². The number of aryl methyl sites for hydroxylation is 3. The molecule has 0 saturated carbocycles. The number of rotatable bonds is 2. The van der Waals surface area contributed by atoms with Crippen LogP contribution in [0.1, 0.15) is 41.8 Å². The lowest BCUT2D eigenvalue weighted by Gasteiger charge is -2.29. The van der Waals surface area contributed by atoms with Crippen LogP contribution in [0.5, 0.6) is 0 Å². The van der Waals surface area contributed by atoms with Crippen molar-refractivity contribution in [3.8, 4) is 0 Å². The average Bonchev–Trinajstić information content (AvgIpc) is 2.64. The van der Waals surface area contributed by atoms with E-state index in [9.17, 15) is 5.11 Å². The lowest BCUT2D eigenvalue weighted by atomic mass is 9.84. The molecule has 0 bridgehead atoms. The maximum Gasteiger partial charge on any atom is 0.0954 e. The van der Waals surface area contributed by atoms with E-state index in [1.165, 1.54) is 5.56 Å². The number of nitrogens with zero attached hydrogens (tertiary/aromatic N) is 2. The van der Waals surface area contributed by atoms with E-state index in [2.05, 4.69) is 39.2 Å². The van der Waals surface area contributed by atoms with Crippen LogP contribution in [0.2, 0.25) is 0 Å². The number of hydrogen-bond acceptors (Lipinski definition) is 2. The fourth-order valence-corrected chi connectivity index (χ4v) is 3.87. The summed E-state index contributed by atoms with van der Waals surface area (Å²) in [6, 6.07) is 8.32. The Morgan fingerprint density at radius 1 is 1.33 bits per heavy atom. The standard InChI is InChI=1S/C17H21BrN2O/c1-12-16(18)15(20(2)19-12)11-17(21)10-6-5-8-13-7-3-4-9-14(13)17/h3-4,7,9,21H,5-6,8,10-11H2,1-2H3. The van der Waals surface area contributed by atoms with Crippen LogP contribution in [-0.2, 0) is 25.5 Å². The molecule has 0 amide bonds. The molecular weight excluding hydrogens is 328 g/mol. The molecule has 21 heavy (non-hydrogen) atoms. The summed E-state index contributed by atoms with van der Waals surface area (Å²) in [7, 11) is 1.94. The maximum atomic E-state index is 11.4. The van der Waals surface area contributed by atoms with Crippen molar-refractivity contribution < 1.29 is 5.11 Å². The quantitative estimate of drug-likeness (QED) is 0.841. The van der Waals surface area contributed by atoms with Crippen molar-refractivity contribution in [2.75, 3.05) is 0 Å². The molecule has 0 spiro atoms. The summed E-state index contributed by atoms with van der Waals surface area (Å²) in [5.74, 6) is 0. The van der Waals surface area contributed by atoms with Crippen LogP contribution in [0.3, 0.4) is 0 Å². The molecule has 3 nitrogen and oxygen atoms in total. The Hall–Kier alpha value is -1.13. The molecule has 2 aromatic rings.